The number of para-hydroxylation sites is 1. The second-order valence-electron chi connectivity index (χ2n) is 5.97. The lowest BCUT2D eigenvalue weighted by Gasteiger charge is -2.11. The summed E-state index contributed by atoms with van der Waals surface area (Å²) in [4.78, 5) is 23.9. The quantitative estimate of drug-likeness (QED) is 0.701. The smallest absolute Gasteiger partial charge is 0.224 e. The minimum Gasteiger partial charge on any atom is -0.494 e. The molecule has 0 atom stereocenters. The van der Waals surface area contributed by atoms with Gasteiger partial charge in [-0.25, -0.2) is 0 Å². The van der Waals surface area contributed by atoms with Gasteiger partial charge in [0.2, 0.25) is 11.8 Å². The standard InChI is InChI=1S/C21H26N2O3/c1-3-8-20(24)22-17-10-7-11-18(15-17)23-21(25)14-13-16-9-5-6-12-19(16)26-4-2/h5-7,9-12,15H,3-4,8,13-14H2,1-2H3,(H,22,24)(H,23,25). The van der Waals surface area contributed by atoms with Gasteiger partial charge in [0.05, 0.1) is 6.61 Å². The highest BCUT2D eigenvalue weighted by molar-refractivity contribution is 5.94. The lowest BCUT2D eigenvalue weighted by Crippen LogP contribution is -2.14. The molecule has 0 aliphatic rings. The zero-order valence-electron chi connectivity index (χ0n) is 15.4. The summed E-state index contributed by atoms with van der Waals surface area (Å²) in [7, 11) is 0. The van der Waals surface area contributed by atoms with Crippen LogP contribution in [0.4, 0.5) is 11.4 Å². The molecule has 0 fully saturated rings. The van der Waals surface area contributed by atoms with Gasteiger partial charge in [0.25, 0.3) is 0 Å². The number of hydrogen-bond donors (Lipinski definition) is 2. The summed E-state index contributed by atoms with van der Waals surface area (Å²) in [5, 5.41) is 5.71. The summed E-state index contributed by atoms with van der Waals surface area (Å²) < 4.78 is 5.59. The average molecular weight is 354 g/mol. The average Bonchev–Trinajstić information content (AvgIpc) is 2.62. The highest BCUT2D eigenvalue weighted by atomic mass is 16.5. The van der Waals surface area contributed by atoms with Gasteiger partial charge in [-0.1, -0.05) is 31.2 Å². The molecule has 0 aliphatic carbocycles. The molecule has 2 amide bonds. The van der Waals surface area contributed by atoms with Crippen LogP contribution in [0, 0.1) is 0 Å². The molecular formula is C21H26N2O3. The molecule has 2 N–H and O–H groups in total. The van der Waals surface area contributed by atoms with Crippen molar-refractivity contribution in [3.05, 3.63) is 54.1 Å². The van der Waals surface area contributed by atoms with Crippen LogP contribution < -0.4 is 15.4 Å². The van der Waals surface area contributed by atoms with Crippen LogP contribution in [0.2, 0.25) is 0 Å². The fourth-order valence-corrected chi connectivity index (χ4v) is 2.60. The highest BCUT2D eigenvalue weighted by Crippen LogP contribution is 2.20. The summed E-state index contributed by atoms with van der Waals surface area (Å²) in [5.41, 5.74) is 2.37. The van der Waals surface area contributed by atoms with E-state index in [0.717, 1.165) is 17.7 Å². The van der Waals surface area contributed by atoms with Gasteiger partial charge in [-0.15, -0.1) is 0 Å². The van der Waals surface area contributed by atoms with Crippen molar-refractivity contribution >= 4 is 23.2 Å². The van der Waals surface area contributed by atoms with E-state index >= 15 is 0 Å². The predicted molar refractivity (Wildman–Crippen MR) is 105 cm³/mol. The Morgan fingerprint density at radius 1 is 0.885 bits per heavy atom. The van der Waals surface area contributed by atoms with E-state index in [1.165, 1.54) is 0 Å². The minimum atomic E-state index is -0.0756. The summed E-state index contributed by atoms with van der Waals surface area (Å²) in [6.07, 6.45) is 2.24. The molecule has 2 aromatic carbocycles. The molecule has 0 spiro atoms. The molecule has 5 nitrogen and oxygen atoms in total. The number of anilines is 2. The van der Waals surface area contributed by atoms with Gasteiger partial charge >= 0.3 is 0 Å². The maximum atomic E-state index is 12.3. The normalized spacial score (nSPS) is 10.2. The van der Waals surface area contributed by atoms with E-state index in [1.54, 1.807) is 6.07 Å². The molecule has 0 radical (unpaired) electrons. The van der Waals surface area contributed by atoms with E-state index in [1.807, 2.05) is 56.3 Å². The third-order valence-corrected chi connectivity index (χ3v) is 3.80. The van der Waals surface area contributed by atoms with Crippen molar-refractivity contribution in [2.45, 2.75) is 39.5 Å². The summed E-state index contributed by atoms with van der Waals surface area (Å²) in [5.74, 6) is 0.722. The molecule has 138 valence electrons. The van der Waals surface area contributed by atoms with Gasteiger partial charge in [0, 0.05) is 24.2 Å². The van der Waals surface area contributed by atoms with Crippen LogP contribution in [0.5, 0.6) is 5.75 Å². The van der Waals surface area contributed by atoms with Crippen LogP contribution in [0.15, 0.2) is 48.5 Å². The van der Waals surface area contributed by atoms with Gasteiger partial charge in [-0.2, -0.15) is 0 Å². The number of benzene rings is 2. The van der Waals surface area contributed by atoms with Crippen molar-refractivity contribution < 1.29 is 14.3 Å². The first-order valence-electron chi connectivity index (χ1n) is 9.02. The van der Waals surface area contributed by atoms with Gasteiger partial charge < -0.3 is 15.4 Å². The van der Waals surface area contributed by atoms with Crippen LogP contribution >= 0.6 is 0 Å². The Morgan fingerprint density at radius 3 is 2.19 bits per heavy atom. The molecule has 0 saturated carbocycles. The molecule has 2 rings (SSSR count). The van der Waals surface area contributed by atoms with Crippen LogP contribution in [0.1, 0.15) is 38.7 Å². The maximum absolute atomic E-state index is 12.3. The van der Waals surface area contributed by atoms with Crippen molar-refractivity contribution in [1.82, 2.24) is 0 Å². The Morgan fingerprint density at radius 2 is 1.54 bits per heavy atom. The first kappa shape index (κ1) is 19.5. The first-order valence-corrected chi connectivity index (χ1v) is 9.02. The Hall–Kier alpha value is -2.82. The van der Waals surface area contributed by atoms with Crippen molar-refractivity contribution in [3.63, 3.8) is 0 Å². The second kappa shape index (κ2) is 10.2. The topological polar surface area (TPSA) is 67.4 Å². The molecular weight excluding hydrogens is 328 g/mol. The van der Waals surface area contributed by atoms with Gasteiger partial charge in [0.15, 0.2) is 0 Å². The van der Waals surface area contributed by atoms with E-state index in [0.29, 0.717) is 37.2 Å². The van der Waals surface area contributed by atoms with Crippen LogP contribution in [0.25, 0.3) is 0 Å². The number of amides is 2. The maximum Gasteiger partial charge on any atom is 0.224 e. The van der Waals surface area contributed by atoms with Crippen molar-refractivity contribution in [3.8, 4) is 5.75 Å². The number of aryl methyl sites for hydroxylation is 1. The molecule has 0 saturated heterocycles. The molecule has 0 bridgehead atoms. The number of hydrogen-bond acceptors (Lipinski definition) is 3. The van der Waals surface area contributed by atoms with Gasteiger partial charge in [-0.05, 0) is 49.6 Å². The van der Waals surface area contributed by atoms with Crippen molar-refractivity contribution in [1.29, 1.82) is 0 Å². The van der Waals surface area contributed by atoms with Crippen LogP contribution in [0.3, 0.4) is 0 Å². The Labute approximate surface area is 154 Å². The van der Waals surface area contributed by atoms with E-state index < -0.39 is 0 Å². The largest absolute Gasteiger partial charge is 0.494 e. The van der Waals surface area contributed by atoms with E-state index in [2.05, 4.69) is 10.6 Å². The summed E-state index contributed by atoms with van der Waals surface area (Å²) in [6.45, 7) is 4.50. The van der Waals surface area contributed by atoms with Crippen molar-refractivity contribution in [2.24, 2.45) is 0 Å². The second-order valence-corrected chi connectivity index (χ2v) is 5.97. The fraction of sp³-hybridized carbons (Fsp3) is 0.333. The zero-order valence-corrected chi connectivity index (χ0v) is 15.4. The third kappa shape index (κ3) is 6.24. The SMILES string of the molecule is CCCC(=O)Nc1cccc(NC(=O)CCc2ccccc2OCC)c1. The lowest BCUT2D eigenvalue weighted by molar-refractivity contribution is -0.117. The first-order chi connectivity index (χ1) is 12.6. The number of ether oxygens (including phenoxy) is 1. The third-order valence-electron chi connectivity index (χ3n) is 3.80. The number of rotatable bonds is 9. The molecule has 26 heavy (non-hydrogen) atoms. The van der Waals surface area contributed by atoms with Gasteiger partial charge in [-0.3, -0.25) is 9.59 Å². The highest BCUT2D eigenvalue weighted by Gasteiger charge is 2.08. The van der Waals surface area contributed by atoms with Crippen molar-refractivity contribution in [2.75, 3.05) is 17.2 Å². The van der Waals surface area contributed by atoms with E-state index in [4.69, 9.17) is 4.74 Å². The number of carbonyl (C=O) groups is 2. The lowest BCUT2D eigenvalue weighted by atomic mass is 10.1. The van der Waals surface area contributed by atoms with E-state index in [9.17, 15) is 9.59 Å². The Bertz CT molecular complexity index is 744. The Balaban J connectivity index is 1.91. The molecule has 0 aliphatic heterocycles. The van der Waals surface area contributed by atoms with Gasteiger partial charge in [0.1, 0.15) is 5.75 Å². The van der Waals surface area contributed by atoms with E-state index in [-0.39, 0.29) is 11.8 Å². The summed E-state index contributed by atoms with van der Waals surface area (Å²) >= 11 is 0. The number of carbonyl (C=O) groups excluding carboxylic acids is 2. The Kier molecular flexibility index (Phi) is 7.68. The molecule has 0 heterocycles. The minimum absolute atomic E-state index is 0.0245. The van der Waals surface area contributed by atoms with Crippen LogP contribution in [-0.2, 0) is 16.0 Å². The molecule has 2 aromatic rings. The fourth-order valence-electron chi connectivity index (χ4n) is 2.60. The number of nitrogens with one attached hydrogen (secondary N) is 2. The molecule has 5 heteroatoms. The predicted octanol–water partition coefficient (Wildman–Crippen LogP) is 4.40. The monoisotopic (exact) mass is 354 g/mol. The molecule has 0 unspecified atom stereocenters. The van der Waals surface area contributed by atoms with Crippen LogP contribution in [-0.4, -0.2) is 18.4 Å². The zero-order chi connectivity index (χ0) is 18.8. The summed E-state index contributed by atoms with van der Waals surface area (Å²) in [6, 6.07) is 14.9. The molecule has 0 aromatic heterocycles.